The molecule has 1 rings (SSSR count). The Bertz CT molecular complexity index is 147. The third-order valence-corrected chi connectivity index (χ3v) is 1.98. The van der Waals surface area contributed by atoms with Gasteiger partial charge in [-0.15, -0.1) is 0 Å². The van der Waals surface area contributed by atoms with E-state index in [9.17, 15) is 4.79 Å². The summed E-state index contributed by atoms with van der Waals surface area (Å²) >= 11 is 0. The molecule has 1 fully saturated rings. The average molecular weight is 158 g/mol. The lowest BCUT2D eigenvalue weighted by atomic mass is 10.2. The molecule has 1 aliphatic rings. The molecule has 0 bridgehead atoms. The van der Waals surface area contributed by atoms with Gasteiger partial charge in [-0.3, -0.25) is 4.79 Å². The van der Waals surface area contributed by atoms with Crippen LogP contribution in [0.15, 0.2) is 0 Å². The molecule has 4 heteroatoms. The van der Waals surface area contributed by atoms with E-state index in [2.05, 4.69) is 0 Å². The lowest BCUT2D eigenvalue weighted by Gasteiger charge is -2.31. The smallest absolute Gasteiger partial charge is 0.248 e. The van der Waals surface area contributed by atoms with Crippen LogP contribution in [-0.2, 0) is 9.53 Å². The SMILES string of the molecule is CN1C(=O)COCC1CCN. The van der Waals surface area contributed by atoms with Gasteiger partial charge in [-0.1, -0.05) is 0 Å². The Labute approximate surface area is 66.3 Å². The van der Waals surface area contributed by atoms with Crippen LogP contribution in [0, 0.1) is 0 Å². The Balaban J connectivity index is 2.44. The van der Waals surface area contributed by atoms with Crippen LogP contribution in [0.1, 0.15) is 6.42 Å². The van der Waals surface area contributed by atoms with Crippen LogP contribution in [0.2, 0.25) is 0 Å². The highest BCUT2D eigenvalue weighted by Crippen LogP contribution is 2.07. The zero-order valence-electron chi connectivity index (χ0n) is 6.75. The van der Waals surface area contributed by atoms with E-state index in [-0.39, 0.29) is 18.6 Å². The van der Waals surface area contributed by atoms with Crippen LogP contribution in [0.3, 0.4) is 0 Å². The predicted molar refractivity (Wildman–Crippen MR) is 41.0 cm³/mol. The number of hydrogen-bond donors (Lipinski definition) is 1. The molecule has 64 valence electrons. The van der Waals surface area contributed by atoms with E-state index < -0.39 is 0 Å². The number of carbonyl (C=O) groups excluding carboxylic acids is 1. The summed E-state index contributed by atoms with van der Waals surface area (Å²) < 4.78 is 5.07. The topological polar surface area (TPSA) is 55.6 Å². The summed E-state index contributed by atoms with van der Waals surface area (Å²) in [7, 11) is 1.80. The van der Waals surface area contributed by atoms with Crippen LogP contribution in [0.5, 0.6) is 0 Å². The number of amides is 1. The molecule has 1 aliphatic heterocycles. The molecule has 1 amide bonds. The number of nitrogens with zero attached hydrogens (tertiary/aromatic N) is 1. The van der Waals surface area contributed by atoms with Crippen molar-refractivity contribution in [1.82, 2.24) is 4.90 Å². The molecule has 0 saturated carbocycles. The average Bonchev–Trinajstić information content (AvgIpc) is 1.99. The highest BCUT2D eigenvalue weighted by molar-refractivity contribution is 5.78. The zero-order chi connectivity index (χ0) is 8.27. The fourth-order valence-corrected chi connectivity index (χ4v) is 1.17. The molecule has 4 nitrogen and oxygen atoms in total. The molecule has 11 heavy (non-hydrogen) atoms. The van der Waals surface area contributed by atoms with Gasteiger partial charge < -0.3 is 15.4 Å². The third kappa shape index (κ3) is 1.91. The molecule has 0 aromatic carbocycles. The normalized spacial score (nSPS) is 25.8. The Morgan fingerprint density at radius 3 is 3.18 bits per heavy atom. The monoisotopic (exact) mass is 158 g/mol. The standard InChI is InChI=1S/C7H14N2O2/c1-9-6(2-3-8)4-11-5-7(9)10/h6H,2-5,8H2,1H3. The maximum Gasteiger partial charge on any atom is 0.248 e. The van der Waals surface area contributed by atoms with Crippen LogP contribution in [-0.4, -0.2) is 43.7 Å². The van der Waals surface area contributed by atoms with Crippen LogP contribution < -0.4 is 5.73 Å². The first kappa shape index (κ1) is 8.49. The third-order valence-electron chi connectivity index (χ3n) is 1.98. The lowest BCUT2D eigenvalue weighted by Crippen LogP contribution is -2.47. The molecule has 1 heterocycles. The summed E-state index contributed by atoms with van der Waals surface area (Å²) in [5.41, 5.74) is 5.37. The van der Waals surface area contributed by atoms with E-state index in [0.29, 0.717) is 13.2 Å². The molecule has 2 N–H and O–H groups in total. The summed E-state index contributed by atoms with van der Waals surface area (Å²) in [6, 6.07) is 0.182. The molecule has 0 spiro atoms. The van der Waals surface area contributed by atoms with Crippen molar-refractivity contribution in [3.8, 4) is 0 Å². The highest BCUT2D eigenvalue weighted by atomic mass is 16.5. The maximum absolute atomic E-state index is 11.0. The molecular formula is C7H14N2O2. The number of nitrogens with two attached hydrogens (primary N) is 1. The summed E-state index contributed by atoms with van der Waals surface area (Å²) in [5.74, 6) is 0.0506. The van der Waals surface area contributed by atoms with E-state index in [1.54, 1.807) is 11.9 Å². The van der Waals surface area contributed by atoms with Crippen molar-refractivity contribution in [2.24, 2.45) is 5.73 Å². The quantitative estimate of drug-likeness (QED) is 0.572. The number of hydrogen-bond acceptors (Lipinski definition) is 3. The number of morpholine rings is 1. The molecule has 1 unspecified atom stereocenters. The van der Waals surface area contributed by atoms with Crippen molar-refractivity contribution in [3.63, 3.8) is 0 Å². The summed E-state index contributed by atoms with van der Waals surface area (Å²) in [5, 5.41) is 0. The molecule has 0 radical (unpaired) electrons. The second-order valence-electron chi connectivity index (χ2n) is 2.75. The van der Waals surface area contributed by atoms with Gasteiger partial charge in [-0.2, -0.15) is 0 Å². The molecule has 1 atom stereocenters. The number of rotatable bonds is 2. The van der Waals surface area contributed by atoms with E-state index in [0.717, 1.165) is 6.42 Å². The minimum absolute atomic E-state index is 0.0506. The highest BCUT2D eigenvalue weighted by Gasteiger charge is 2.24. The van der Waals surface area contributed by atoms with Crippen molar-refractivity contribution >= 4 is 5.91 Å². The van der Waals surface area contributed by atoms with Gasteiger partial charge in [0.1, 0.15) is 6.61 Å². The van der Waals surface area contributed by atoms with E-state index in [1.807, 2.05) is 0 Å². The van der Waals surface area contributed by atoms with Gasteiger partial charge in [-0.05, 0) is 13.0 Å². The van der Waals surface area contributed by atoms with Gasteiger partial charge in [0, 0.05) is 7.05 Å². The molecule has 1 saturated heterocycles. The second kappa shape index (κ2) is 3.69. The first-order chi connectivity index (χ1) is 5.25. The fraction of sp³-hybridized carbons (Fsp3) is 0.857. The van der Waals surface area contributed by atoms with E-state index >= 15 is 0 Å². The van der Waals surface area contributed by atoms with Crippen molar-refractivity contribution in [2.45, 2.75) is 12.5 Å². The predicted octanol–water partition coefficient (Wildman–Crippen LogP) is -0.808. The fourth-order valence-electron chi connectivity index (χ4n) is 1.17. The Morgan fingerprint density at radius 2 is 2.55 bits per heavy atom. The van der Waals surface area contributed by atoms with Crippen molar-refractivity contribution < 1.29 is 9.53 Å². The molecule has 0 aliphatic carbocycles. The molecule has 0 aromatic heterocycles. The first-order valence-corrected chi connectivity index (χ1v) is 3.79. The first-order valence-electron chi connectivity index (χ1n) is 3.79. The van der Waals surface area contributed by atoms with Gasteiger partial charge in [0.2, 0.25) is 5.91 Å². The van der Waals surface area contributed by atoms with Gasteiger partial charge in [-0.25, -0.2) is 0 Å². The molecular weight excluding hydrogens is 144 g/mol. The van der Waals surface area contributed by atoms with Crippen molar-refractivity contribution in [3.05, 3.63) is 0 Å². The van der Waals surface area contributed by atoms with Gasteiger partial charge in [0.15, 0.2) is 0 Å². The van der Waals surface area contributed by atoms with Gasteiger partial charge in [0.25, 0.3) is 0 Å². The molecule has 0 aromatic rings. The minimum atomic E-state index is 0.0506. The minimum Gasteiger partial charge on any atom is -0.369 e. The Kier molecular flexibility index (Phi) is 2.84. The van der Waals surface area contributed by atoms with Crippen LogP contribution in [0.25, 0.3) is 0 Å². The Hall–Kier alpha value is -0.610. The largest absolute Gasteiger partial charge is 0.369 e. The van der Waals surface area contributed by atoms with Crippen molar-refractivity contribution in [2.75, 3.05) is 26.8 Å². The number of ether oxygens (including phenoxy) is 1. The van der Waals surface area contributed by atoms with E-state index in [4.69, 9.17) is 10.5 Å². The lowest BCUT2D eigenvalue weighted by molar-refractivity contribution is -0.145. The van der Waals surface area contributed by atoms with Gasteiger partial charge >= 0.3 is 0 Å². The Morgan fingerprint density at radius 1 is 1.82 bits per heavy atom. The van der Waals surface area contributed by atoms with Crippen LogP contribution in [0.4, 0.5) is 0 Å². The maximum atomic E-state index is 11.0. The van der Waals surface area contributed by atoms with Crippen LogP contribution >= 0.6 is 0 Å². The summed E-state index contributed by atoms with van der Waals surface area (Å²) in [6.07, 6.45) is 0.822. The van der Waals surface area contributed by atoms with E-state index in [1.165, 1.54) is 0 Å². The zero-order valence-corrected chi connectivity index (χ0v) is 6.75. The second-order valence-corrected chi connectivity index (χ2v) is 2.75. The van der Waals surface area contributed by atoms with Gasteiger partial charge in [0.05, 0.1) is 12.6 Å². The summed E-state index contributed by atoms with van der Waals surface area (Å²) in [6.45, 7) is 1.45. The summed E-state index contributed by atoms with van der Waals surface area (Å²) in [4.78, 5) is 12.8. The number of likely N-dealkylation sites (N-methyl/N-ethyl adjacent to an activating group) is 1. The number of carbonyl (C=O) groups is 1. The van der Waals surface area contributed by atoms with Crippen molar-refractivity contribution in [1.29, 1.82) is 0 Å².